The zero-order valence-electron chi connectivity index (χ0n) is 14.7. The van der Waals surface area contributed by atoms with Crippen LogP contribution in [-0.4, -0.2) is 52.0 Å². The Morgan fingerprint density at radius 1 is 1.17 bits per heavy atom. The van der Waals surface area contributed by atoms with E-state index in [1.807, 2.05) is 13.8 Å². The normalized spacial score (nSPS) is 11.7. The van der Waals surface area contributed by atoms with E-state index < -0.39 is 10.0 Å². The predicted molar refractivity (Wildman–Crippen MR) is 94.4 cm³/mol. The van der Waals surface area contributed by atoms with E-state index in [2.05, 4.69) is 5.32 Å². The van der Waals surface area contributed by atoms with Gasteiger partial charge in [0.05, 0.1) is 4.90 Å². The molecule has 1 aromatic carbocycles. The molecule has 0 atom stereocenters. The number of ether oxygens (including phenoxy) is 1. The van der Waals surface area contributed by atoms with Crippen molar-refractivity contribution in [2.24, 2.45) is 0 Å². The number of nitrogens with one attached hydrogen (secondary N) is 1. The molecular formula is C17H28N2O4S. The van der Waals surface area contributed by atoms with Gasteiger partial charge >= 0.3 is 0 Å². The quantitative estimate of drug-likeness (QED) is 0.614. The van der Waals surface area contributed by atoms with E-state index in [1.54, 1.807) is 31.4 Å². The van der Waals surface area contributed by atoms with Crippen LogP contribution in [0.25, 0.3) is 0 Å². The SMILES string of the molecule is CCN(CC)S(=O)(=O)c1ccc(CCC(=O)NCCCOC)cc1. The van der Waals surface area contributed by atoms with Gasteiger partial charge in [-0.1, -0.05) is 26.0 Å². The van der Waals surface area contributed by atoms with Crippen molar-refractivity contribution in [3.8, 4) is 0 Å². The Labute approximate surface area is 145 Å². The molecule has 0 aliphatic rings. The third-order valence-corrected chi connectivity index (χ3v) is 5.82. The molecule has 136 valence electrons. The summed E-state index contributed by atoms with van der Waals surface area (Å²) in [5.41, 5.74) is 0.945. The third-order valence-electron chi connectivity index (χ3n) is 3.75. The van der Waals surface area contributed by atoms with E-state index in [0.717, 1.165) is 12.0 Å². The smallest absolute Gasteiger partial charge is 0.243 e. The number of benzene rings is 1. The molecule has 1 rings (SSSR count). The molecule has 0 fully saturated rings. The van der Waals surface area contributed by atoms with Gasteiger partial charge in [-0.25, -0.2) is 8.42 Å². The summed E-state index contributed by atoms with van der Waals surface area (Å²) >= 11 is 0. The number of hydrogen-bond donors (Lipinski definition) is 1. The van der Waals surface area contributed by atoms with E-state index in [-0.39, 0.29) is 5.91 Å². The van der Waals surface area contributed by atoms with Crippen LogP contribution in [-0.2, 0) is 26.0 Å². The number of methoxy groups -OCH3 is 1. The Balaban J connectivity index is 2.55. The Bertz CT molecular complexity index is 596. The van der Waals surface area contributed by atoms with E-state index in [1.165, 1.54) is 4.31 Å². The molecule has 6 nitrogen and oxygen atoms in total. The van der Waals surface area contributed by atoms with Crippen molar-refractivity contribution >= 4 is 15.9 Å². The minimum absolute atomic E-state index is 0.00839. The van der Waals surface area contributed by atoms with Gasteiger partial charge in [0.25, 0.3) is 0 Å². The lowest BCUT2D eigenvalue weighted by Crippen LogP contribution is -2.30. The van der Waals surface area contributed by atoms with Crippen LogP contribution in [0.1, 0.15) is 32.3 Å². The number of rotatable bonds is 11. The van der Waals surface area contributed by atoms with Crippen molar-refractivity contribution in [1.82, 2.24) is 9.62 Å². The molecule has 0 saturated heterocycles. The van der Waals surface area contributed by atoms with Crippen molar-refractivity contribution < 1.29 is 17.9 Å². The molecule has 1 N–H and O–H groups in total. The number of nitrogens with zero attached hydrogens (tertiary/aromatic N) is 1. The Morgan fingerprint density at radius 3 is 2.33 bits per heavy atom. The van der Waals surface area contributed by atoms with Gasteiger partial charge in [-0.15, -0.1) is 0 Å². The number of amides is 1. The number of carbonyl (C=O) groups excluding carboxylic acids is 1. The fourth-order valence-corrected chi connectivity index (χ4v) is 3.79. The molecule has 0 aromatic heterocycles. The highest BCUT2D eigenvalue weighted by Gasteiger charge is 2.21. The van der Waals surface area contributed by atoms with Gasteiger partial charge < -0.3 is 10.1 Å². The molecule has 0 aliphatic carbocycles. The molecule has 0 bridgehead atoms. The molecule has 0 heterocycles. The van der Waals surface area contributed by atoms with Crippen molar-refractivity contribution in [3.63, 3.8) is 0 Å². The average Bonchev–Trinajstić information content (AvgIpc) is 2.58. The van der Waals surface area contributed by atoms with Crippen molar-refractivity contribution in [1.29, 1.82) is 0 Å². The third kappa shape index (κ3) is 6.22. The number of hydrogen-bond acceptors (Lipinski definition) is 4. The summed E-state index contributed by atoms with van der Waals surface area (Å²) in [6.07, 6.45) is 1.76. The van der Waals surface area contributed by atoms with Crippen LogP contribution in [0.2, 0.25) is 0 Å². The fraction of sp³-hybridized carbons (Fsp3) is 0.588. The fourth-order valence-electron chi connectivity index (χ4n) is 2.33. The second-order valence-electron chi connectivity index (χ2n) is 5.43. The number of sulfonamides is 1. The van der Waals surface area contributed by atoms with Crippen molar-refractivity contribution in [2.75, 3.05) is 33.4 Å². The van der Waals surface area contributed by atoms with Crippen LogP contribution in [0.4, 0.5) is 0 Å². The summed E-state index contributed by atoms with van der Waals surface area (Å²) in [6.45, 7) is 5.77. The van der Waals surface area contributed by atoms with Crippen LogP contribution >= 0.6 is 0 Å². The maximum atomic E-state index is 12.4. The van der Waals surface area contributed by atoms with E-state index >= 15 is 0 Å². The molecule has 1 amide bonds. The summed E-state index contributed by atoms with van der Waals surface area (Å²) in [4.78, 5) is 12.0. The summed E-state index contributed by atoms with van der Waals surface area (Å²) in [5, 5.41) is 2.83. The topological polar surface area (TPSA) is 75.7 Å². The predicted octanol–water partition coefficient (Wildman–Crippen LogP) is 1.80. The highest BCUT2D eigenvalue weighted by atomic mass is 32.2. The number of carbonyl (C=O) groups is 1. The molecule has 0 radical (unpaired) electrons. The Hall–Kier alpha value is -1.44. The first-order valence-electron chi connectivity index (χ1n) is 8.30. The van der Waals surface area contributed by atoms with E-state index in [4.69, 9.17) is 4.74 Å². The van der Waals surface area contributed by atoms with Gasteiger partial charge in [-0.2, -0.15) is 4.31 Å². The van der Waals surface area contributed by atoms with Crippen LogP contribution in [0, 0.1) is 0 Å². The number of aryl methyl sites for hydroxylation is 1. The molecule has 0 aliphatic heterocycles. The zero-order chi connectivity index (χ0) is 18.0. The van der Waals surface area contributed by atoms with Gasteiger partial charge in [0, 0.05) is 39.8 Å². The van der Waals surface area contributed by atoms with Gasteiger partial charge in [0.15, 0.2) is 0 Å². The van der Waals surface area contributed by atoms with Crippen LogP contribution in [0.3, 0.4) is 0 Å². The molecular weight excluding hydrogens is 328 g/mol. The van der Waals surface area contributed by atoms with Gasteiger partial charge in [-0.05, 0) is 30.5 Å². The standard InChI is InChI=1S/C17H28N2O4S/c1-4-19(5-2)24(21,22)16-10-7-15(8-11-16)9-12-17(20)18-13-6-14-23-3/h7-8,10-11H,4-6,9,12-14H2,1-3H3,(H,18,20). The molecule has 0 unspecified atom stereocenters. The Kier molecular flexibility index (Phi) is 8.95. The minimum atomic E-state index is -3.42. The van der Waals surface area contributed by atoms with Gasteiger partial charge in [-0.3, -0.25) is 4.79 Å². The maximum absolute atomic E-state index is 12.4. The first kappa shape index (κ1) is 20.6. The second kappa shape index (κ2) is 10.4. The first-order chi connectivity index (χ1) is 11.5. The highest BCUT2D eigenvalue weighted by Crippen LogP contribution is 2.16. The second-order valence-corrected chi connectivity index (χ2v) is 7.37. The van der Waals surface area contributed by atoms with Gasteiger partial charge in [0.1, 0.15) is 0 Å². The first-order valence-corrected chi connectivity index (χ1v) is 9.74. The average molecular weight is 356 g/mol. The Morgan fingerprint density at radius 2 is 1.79 bits per heavy atom. The molecule has 1 aromatic rings. The largest absolute Gasteiger partial charge is 0.385 e. The van der Waals surface area contributed by atoms with Crippen LogP contribution in [0.5, 0.6) is 0 Å². The van der Waals surface area contributed by atoms with Crippen molar-refractivity contribution in [3.05, 3.63) is 29.8 Å². The summed E-state index contributed by atoms with van der Waals surface area (Å²) in [5.74, 6) is -0.00839. The van der Waals surface area contributed by atoms with E-state index in [9.17, 15) is 13.2 Å². The molecule has 0 spiro atoms. The minimum Gasteiger partial charge on any atom is -0.385 e. The van der Waals surface area contributed by atoms with E-state index in [0.29, 0.717) is 44.0 Å². The lowest BCUT2D eigenvalue weighted by Gasteiger charge is -2.18. The van der Waals surface area contributed by atoms with Crippen LogP contribution in [0.15, 0.2) is 29.2 Å². The lowest BCUT2D eigenvalue weighted by atomic mass is 10.1. The summed E-state index contributed by atoms with van der Waals surface area (Å²) in [6, 6.07) is 6.77. The van der Waals surface area contributed by atoms with Gasteiger partial charge in [0.2, 0.25) is 15.9 Å². The zero-order valence-corrected chi connectivity index (χ0v) is 15.6. The summed E-state index contributed by atoms with van der Waals surface area (Å²) < 4.78 is 31.1. The highest BCUT2D eigenvalue weighted by molar-refractivity contribution is 7.89. The lowest BCUT2D eigenvalue weighted by molar-refractivity contribution is -0.121. The maximum Gasteiger partial charge on any atom is 0.243 e. The summed E-state index contributed by atoms with van der Waals surface area (Å²) in [7, 11) is -1.79. The van der Waals surface area contributed by atoms with Crippen molar-refractivity contribution in [2.45, 2.75) is 38.0 Å². The van der Waals surface area contributed by atoms with Crippen LogP contribution < -0.4 is 5.32 Å². The molecule has 0 saturated carbocycles. The monoisotopic (exact) mass is 356 g/mol. The molecule has 24 heavy (non-hydrogen) atoms. The molecule has 7 heteroatoms.